The van der Waals surface area contributed by atoms with Crippen LogP contribution in [0.5, 0.6) is 0 Å². The molecule has 9 fully saturated rings. The summed E-state index contributed by atoms with van der Waals surface area (Å²) in [6.45, 7) is 11.9. The summed E-state index contributed by atoms with van der Waals surface area (Å²) in [6, 6.07) is 0. The number of halogens is 1. The lowest BCUT2D eigenvalue weighted by molar-refractivity contribution is -0.159. The molecule has 0 N–H and O–H groups in total. The molecule has 0 aromatic heterocycles. The van der Waals surface area contributed by atoms with Gasteiger partial charge in [-0.1, -0.05) is 55.6 Å². The van der Waals surface area contributed by atoms with Gasteiger partial charge in [0.15, 0.2) is 5.78 Å². The Morgan fingerprint density at radius 2 is 1.34 bits per heavy atom. The molecule has 0 aliphatic heterocycles. The highest BCUT2D eigenvalue weighted by Crippen LogP contribution is 2.73. The molecule has 0 bridgehead atoms. The number of methoxy groups -OCH3 is 1. The van der Waals surface area contributed by atoms with Crippen LogP contribution in [0.15, 0.2) is 11.6 Å². The van der Waals surface area contributed by atoms with Crippen LogP contribution in [0.1, 0.15) is 182 Å². The van der Waals surface area contributed by atoms with Gasteiger partial charge in [-0.3, -0.25) is 9.59 Å². The molecule has 10 aliphatic carbocycles. The van der Waals surface area contributed by atoms with Crippen LogP contribution in [-0.4, -0.2) is 35.9 Å². The van der Waals surface area contributed by atoms with Crippen molar-refractivity contribution >= 4 is 27.5 Å². The minimum atomic E-state index is -0.231. The summed E-state index contributed by atoms with van der Waals surface area (Å²) in [5, 5.41) is 0. The SMILES string of the molecule is CC(=O)C1=CCC[C@]23CCC4C(CC[C@H]5C[C@H](C)CC[C@]45C)C2CC[C@H]13.COCO[C@@H]1CC[C@]2(C)C3CC[C@]45CCCC(Br)(C(C)=O)[C@H]4CCC5C3CC[C@H]2C1. The lowest BCUT2D eigenvalue weighted by Gasteiger charge is -2.63. The van der Waals surface area contributed by atoms with Gasteiger partial charge in [0, 0.05) is 7.11 Å². The molecule has 7 unspecified atom stereocenters. The molecule has 4 nitrogen and oxygen atoms in total. The van der Waals surface area contributed by atoms with Crippen LogP contribution in [-0.2, 0) is 19.1 Å². The smallest absolute Gasteiger partial charge is 0.155 e. The van der Waals surface area contributed by atoms with E-state index in [2.05, 4.69) is 42.8 Å². The Hall–Kier alpha value is -0.520. The summed E-state index contributed by atoms with van der Waals surface area (Å²) in [7, 11) is 1.73. The lowest BCUT2D eigenvalue weighted by atomic mass is 9.43. The number of carbonyl (C=O) groups is 2. The molecule has 17 atom stereocenters. The number of hydrogen-bond donors (Lipinski definition) is 0. The van der Waals surface area contributed by atoms with Gasteiger partial charge in [-0.2, -0.15) is 0 Å². The maximum absolute atomic E-state index is 12.7. The van der Waals surface area contributed by atoms with Crippen molar-refractivity contribution in [2.45, 2.75) is 193 Å². The summed E-state index contributed by atoms with van der Waals surface area (Å²) < 4.78 is 10.9. The molecule has 0 saturated heterocycles. The molecule has 0 amide bonds. The van der Waals surface area contributed by atoms with Gasteiger partial charge in [0.05, 0.1) is 10.4 Å². The van der Waals surface area contributed by atoms with Gasteiger partial charge >= 0.3 is 0 Å². The molecule has 0 aromatic carbocycles. The zero-order valence-electron chi connectivity index (χ0n) is 36.5. The van der Waals surface area contributed by atoms with E-state index in [-0.39, 0.29) is 4.32 Å². The summed E-state index contributed by atoms with van der Waals surface area (Å²) in [5.41, 5.74) is 3.29. The first kappa shape index (κ1) is 40.9. The van der Waals surface area contributed by atoms with E-state index in [1.54, 1.807) is 7.11 Å². The van der Waals surface area contributed by atoms with Crippen LogP contribution in [0.2, 0.25) is 0 Å². The van der Waals surface area contributed by atoms with Crippen LogP contribution in [0, 0.1) is 86.8 Å². The molecule has 56 heavy (non-hydrogen) atoms. The number of ether oxygens (including phenoxy) is 2. The van der Waals surface area contributed by atoms with E-state index in [1.165, 1.54) is 140 Å². The monoisotopic (exact) mass is 835 g/mol. The molecular formula is C51H79BrO4. The predicted octanol–water partition coefficient (Wildman–Crippen LogP) is 13.1. The maximum Gasteiger partial charge on any atom is 0.155 e. The summed E-state index contributed by atoms with van der Waals surface area (Å²) in [6.07, 6.45) is 33.9. The highest BCUT2D eigenvalue weighted by Gasteiger charge is 2.67. The number of hydrogen-bond acceptors (Lipinski definition) is 4. The summed E-state index contributed by atoms with van der Waals surface area (Å²) in [4.78, 5) is 25.0. The van der Waals surface area contributed by atoms with E-state index in [0.717, 1.165) is 66.1 Å². The van der Waals surface area contributed by atoms with E-state index in [9.17, 15) is 9.59 Å². The third-order valence-electron chi connectivity index (χ3n) is 21.5. The number of ketones is 2. The van der Waals surface area contributed by atoms with E-state index in [1.807, 2.05) is 13.8 Å². The fraction of sp³-hybridized carbons (Fsp3) is 0.922. The van der Waals surface area contributed by atoms with Crippen molar-refractivity contribution < 1.29 is 19.1 Å². The Morgan fingerprint density at radius 1 is 0.696 bits per heavy atom. The zero-order chi connectivity index (χ0) is 39.3. The molecule has 9 saturated carbocycles. The van der Waals surface area contributed by atoms with Crippen LogP contribution in [0.4, 0.5) is 0 Å². The van der Waals surface area contributed by atoms with Crippen molar-refractivity contribution in [3.8, 4) is 0 Å². The van der Waals surface area contributed by atoms with Gasteiger partial charge in [-0.25, -0.2) is 0 Å². The molecule has 0 radical (unpaired) electrons. The standard InChI is InChI=1S/C26H41BrO3.C25H38O/c1-17(28)26(27)12-4-11-25-14-10-21-20(22(25)7-8-23(25)26)6-5-18-15-19(30-16-29-3)9-13-24(18,21)2;1-16-10-13-24(3)18(15-16)6-7-20-21(24)11-14-25-12-4-5-19(17(2)26)22(25)8-9-23(20)25/h18-23H,4-16H2,1-3H3;5,16,18,20-23H,4,6-15H2,1-3H3/t18-,19+,20?,21?,22?,23-,24-,25-,26?;16-,18+,20?,21?,22-,23?,24+,25-/m01/s1. The zero-order valence-corrected chi connectivity index (χ0v) is 38.1. The third-order valence-corrected chi connectivity index (χ3v) is 23.0. The van der Waals surface area contributed by atoms with Crippen molar-refractivity contribution in [1.82, 2.24) is 0 Å². The molecular weight excluding hydrogens is 756 g/mol. The number of carbonyl (C=O) groups excluding carboxylic acids is 2. The van der Waals surface area contributed by atoms with Gasteiger partial charge in [0.2, 0.25) is 0 Å². The fourth-order valence-corrected chi connectivity index (χ4v) is 20.0. The highest BCUT2D eigenvalue weighted by molar-refractivity contribution is 9.10. The van der Waals surface area contributed by atoms with Gasteiger partial charge in [-0.15, -0.1) is 0 Å². The van der Waals surface area contributed by atoms with Crippen molar-refractivity contribution in [1.29, 1.82) is 0 Å². The first-order valence-electron chi connectivity index (χ1n) is 24.3. The van der Waals surface area contributed by atoms with Crippen molar-refractivity contribution in [2.24, 2.45) is 86.8 Å². The minimum absolute atomic E-state index is 0.231. The molecule has 10 rings (SSSR count). The molecule has 2 spiro atoms. The number of Topliss-reactive ketones (excluding diaryl/α,β-unsaturated/α-hetero) is 2. The highest BCUT2D eigenvalue weighted by atomic mass is 79.9. The number of fused-ring (bicyclic) bond motifs is 8. The second kappa shape index (κ2) is 15.1. The van der Waals surface area contributed by atoms with Crippen molar-refractivity contribution in [2.75, 3.05) is 13.9 Å². The Labute approximate surface area is 350 Å². The minimum Gasteiger partial charge on any atom is -0.359 e. The average molecular weight is 836 g/mol. The molecule has 314 valence electrons. The van der Waals surface area contributed by atoms with E-state index >= 15 is 0 Å². The normalized spacial score (nSPS) is 52.8. The quantitative estimate of drug-likeness (QED) is 0.204. The van der Waals surface area contributed by atoms with Crippen LogP contribution in [0.3, 0.4) is 0 Å². The van der Waals surface area contributed by atoms with Gasteiger partial charge < -0.3 is 9.47 Å². The summed E-state index contributed by atoms with van der Waals surface area (Å²) in [5.74, 6) is 10.2. The molecule has 10 aliphatic rings. The fourth-order valence-electron chi connectivity index (χ4n) is 19.0. The van der Waals surface area contributed by atoms with Crippen molar-refractivity contribution in [3.05, 3.63) is 11.6 Å². The Kier molecular flexibility index (Phi) is 11.0. The first-order valence-corrected chi connectivity index (χ1v) is 25.1. The van der Waals surface area contributed by atoms with Crippen molar-refractivity contribution in [3.63, 3.8) is 0 Å². The lowest BCUT2D eigenvalue weighted by Crippen LogP contribution is -2.58. The second-order valence-electron chi connectivity index (χ2n) is 23.0. The Bertz CT molecular complexity index is 1540. The molecule has 0 aromatic rings. The molecule has 5 heteroatoms. The maximum atomic E-state index is 12.7. The van der Waals surface area contributed by atoms with Gasteiger partial charge in [-0.05, 0) is 241 Å². The van der Waals surface area contributed by atoms with Crippen LogP contribution < -0.4 is 0 Å². The third kappa shape index (κ3) is 6.17. The predicted molar refractivity (Wildman–Crippen MR) is 229 cm³/mol. The number of alkyl halides is 1. The Balaban J connectivity index is 0.000000148. The largest absolute Gasteiger partial charge is 0.359 e. The molecule has 0 heterocycles. The second-order valence-corrected chi connectivity index (χ2v) is 24.4. The van der Waals surface area contributed by atoms with E-state index in [0.29, 0.717) is 58.0 Å². The number of allylic oxidation sites excluding steroid dienone is 2. The van der Waals surface area contributed by atoms with Gasteiger partial charge in [0.25, 0.3) is 0 Å². The van der Waals surface area contributed by atoms with E-state index < -0.39 is 0 Å². The van der Waals surface area contributed by atoms with Crippen LogP contribution in [0.25, 0.3) is 0 Å². The Morgan fingerprint density at radius 3 is 2.02 bits per heavy atom. The average Bonchev–Trinajstić information content (AvgIpc) is 3.78. The first-order chi connectivity index (χ1) is 26.8. The summed E-state index contributed by atoms with van der Waals surface area (Å²) >= 11 is 4.03. The number of rotatable bonds is 5. The topological polar surface area (TPSA) is 52.6 Å². The van der Waals surface area contributed by atoms with Crippen LogP contribution >= 0.6 is 15.9 Å². The van der Waals surface area contributed by atoms with Gasteiger partial charge in [0.1, 0.15) is 12.6 Å². The van der Waals surface area contributed by atoms with E-state index in [4.69, 9.17) is 9.47 Å².